The molecule has 0 heterocycles. The summed E-state index contributed by atoms with van der Waals surface area (Å²) in [4.78, 5) is 22.2. The van der Waals surface area contributed by atoms with Crippen molar-refractivity contribution >= 4 is 23.1 Å². The Hall–Kier alpha value is -2.21. The number of non-ortho nitro benzene ring substituents is 1. The fraction of sp³-hybridized carbons (Fsp3) is 0. The molecule has 0 fully saturated rings. The SMILES string of the molecule is O=Nc1ccc(Sc2ccc([N+](=O)[O-])cc2)cc1. The summed E-state index contributed by atoms with van der Waals surface area (Å²) in [5.41, 5.74) is 0.447. The van der Waals surface area contributed by atoms with Gasteiger partial charge in [-0.3, -0.25) is 10.1 Å². The van der Waals surface area contributed by atoms with Crippen LogP contribution in [0.5, 0.6) is 0 Å². The highest BCUT2D eigenvalue weighted by Crippen LogP contribution is 2.30. The number of nitro benzene ring substituents is 1. The summed E-state index contributed by atoms with van der Waals surface area (Å²) in [5.74, 6) is 0. The first kappa shape index (κ1) is 12.3. The Morgan fingerprint density at radius 2 is 1.44 bits per heavy atom. The van der Waals surface area contributed by atoms with E-state index in [1.165, 1.54) is 23.9 Å². The first-order valence-electron chi connectivity index (χ1n) is 5.05. The molecule has 6 heteroatoms. The van der Waals surface area contributed by atoms with Gasteiger partial charge >= 0.3 is 0 Å². The van der Waals surface area contributed by atoms with Gasteiger partial charge in [0.05, 0.1) is 4.92 Å². The van der Waals surface area contributed by atoms with E-state index in [1.54, 1.807) is 36.4 Å². The van der Waals surface area contributed by atoms with Crippen molar-refractivity contribution in [1.29, 1.82) is 0 Å². The number of rotatable bonds is 4. The van der Waals surface area contributed by atoms with Gasteiger partial charge in [0.1, 0.15) is 5.69 Å². The minimum atomic E-state index is -0.432. The first-order valence-corrected chi connectivity index (χ1v) is 5.86. The molecular weight excluding hydrogens is 252 g/mol. The van der Waals surface area contributed by atoms with E-state index in [1.807, 2.05) is 0 Å². The third kappa shape index (κ3) is 2.92. The van der Waals surface area contributed by atoms with E-state index in [4.69, 9.17) is 0 Å². The Kier molecular flexibility index (Phi) is 3.69. The third-order valence-corrected chi connectivity index (χ3v) is 3.24. The highest BCUT2D eigenvalue weighted by molar-refractivity contribution is 7.99. The minimum absolute atomic E-state index is 0.0693. The van der Waals surface area contributed by atoms with Crippen molar-refractivity contribution in [2.24, 2.45) is 5.18 Å². The van der Waals surface area contributed by atoms with Crippen molar-refractivity contribution in [3.8, 4) is 0 Å². The maximum Gasteiger partial charge on any atom is 0.269 e. The maximum absolute atomic E-state index is 10.5. The highest BCUT2D eigenvalue weighted by atomic mass is 32.2. The van der Waals surface area contributed by atoms with Crippen LogP contribution in [0.25, 0.3) is 0 Å². The number of nitroso groups, excluding NO2 is 1. The van der Waals surface area contributed by atoms with Gasteiger partial charge in [0.25, 0.3) is 5.69 Å². The molecule has 0 atom stereocenters. The molecule has 5 nitrogen and oxygen atoms in total. The molecule has 0 spiro atoms. The zero-order valence-corrected chi connectivity index (χ0v) is 9.96. The molecule has 0 radical (unpaired) electrons. The highest BCUT2D eigenvalue weighted by Gasteiger charge is 2.04. The average Bonchev–Trinajstić information content (AvgIpc) is 2.40. The largest absolute Gasteiger partial charge is 0.269 e. The lowest BCUT2D eigenvalue weighted by Gasteiger charge is -2.01. The molecule has 0 aliphatic rings. The molecular formula is C12H8N2O3S. The summed E-state index contributed by atoms with van der Waals surface area (Å²) >= 11 is 1.46. The second-order valence-corrected chi connectivity index (χ2v) is 4.59. The van der Waals surface area contributed by atoms with Crippen molar-refractivity contribution in [1.82, 2.24) is 0 Å². The van der Waals surface area contributed by atoms with Gasteiger partial charge in [-0.2, -0.15) is 0 Å². The van der Waals surface area contributed by atoms with Crippen molar-refractivity contribution < 1.29 is 4.92 Å². The average molecular weight is 260 g/mol. The lowest BCUT2D eigenvalue weighted by molar-refractivity contribution is -0.384. The number of nitro groups is 1. The molecule has 2 aromatic rings. The molecule has 0 aliphatic carbocycles. The molecule has 0 bridgehead atoms. The van der Waals surface area contributed by atoms with Gasteiger partial charge in [0.2, 0.25) is 0 Å². The first-order chi connectivity index (χ1) is 8.69. The van der Waals surface area contributed by atoms with Gasteiger partial charge in [-0.05, 0) is 41.6 Å². The normalized spacial score (nSPS) is 10.0. The lowest BCUT2D eigenvalue weighted by atomic mass is 10.3. The molecule has 0 aromatic heterocycles. The van der Waals surface area contributed by atoms with Gasteiger partial charge in [0.15, 0.2) is 0 Å². The molecule has 2 rings (SSSR count). The second-order valence-electron chi connectivity index (χ2n) is 3.44. The van der Waals surface area contributed by atoms with E-state index in [2.05, 4.69) is 5.18 Å². The number of hydrogen-bond acceptors (Lipinski definition) is 5. The van der Waals surface area contributed by atoms with Gasteiger partial charge in [-0.15, -0.1) is 4.91 Å². The zero-order valence-electron chi connectivity index (χ0n) is 9.15. The van der Waals surface area contributed by atoms with Crippen molar-refractivity contribution in [3.63, 3.8) is 0 Å². The number of benzene rings is 2. The molecule has 0 aliphatic heterocycles. The summed E-state index contributed by atoms with van der Waals surface area (Å²) < 4.78 is 0. The van der Waals surface area contributed by atoms with Crippen molar-refractivity contribution in [2.75, 3.05) is 0 Å². The maximum atomic E-state index is 10.5. The van der Waals surface area contributed by atoms with Crippen LogP contribution in [0, 0.1) is 15.0 Å². The van der Waals surface area contributed by atoms with Crippen LogP contribution in [0.3, 0.4) is 0 Å². The number of hydrogen-bond donors (Lipinski definition) is 0. The predicted octanol–water partition coefficient (Wildman–Crippen LogP) is 4.14. The Morgan fingerprint density at radius 3 is 1.89 bits per heavy atom. The number of nitrogens with zero attached hydrogens (tertiary/aromatic N) is 2. The molecule has 0 saturated carbocycles. The Morgan fingerprint density at radius 1 is 0.944 bits per heavy atom. The summed E-state index contributed by atoms with van der Waals surface area (Å²) in [6.45, 7) is 0. The van der Waals surface area contributed by atoms with Crippen LogP contribution in [-0.4, -0.2) is 4.92 Å². The summed E-state index contributed by atoms with van der Waals surface area (Å²) in [7, 11) is 0. The standard InChI is InChI=1S/C12H8N2O3S/c15-13-9-1-5-11(6-2-9)18-12-7-3-10(4-8-12)14(16)17/h1-8H. The zero-order chi connectivity index (χ0) is 13.0. The third-order valence-electron chi connectivity index (χ3n) is 2.23. The quantitative estimate of drug-likeness (QED) is 0.470. The van der Waals surface area contributed by atoms with Crippen LogP contribution in [0.4, 0.5) is 11.4 Å². The smallest absolute Gasteiger partial charge is 0.258 e. The van der Waals surface area contributed by atoms with E-state index in [0.717, 1.165) is 9.79 Å². The van der Waals surface area contributed by atoms with E-state index in [0.29, 0.717) is 5.69 Å². The van der Waals surface area contributed by atoms with E-state index < -0.39 is 4.92 Å². The van der Waals surface area contributed by atoms with Crippen LogP contribution in [-0.2, 0) is 0 Å². The molecule has 0 amide bonds. The van der Waals surface area contributed by atoms with Crippen LogP contribution in [0.15, 0.2) is 63.5 Å². The van der Waals surface area contributed by atoms with Crippen LogP contribution in [0.2, 0.25) is 0 Å². The molecule has 0 unspecified atom stereocenters. The molecule has 0 saturated heterocycles. The van der Waals surface area contributed by atoms with E-state index >= 15 is 0 Å². The summed E-state index contributed by atoms with van der Waals surface area (Å²) in [6, 6.07) is 13.1. The molecule has 90 valence electrons. The van der Waals surface area contributed by atoms with Crippen molar-refractivity contribution in [2.45, 2.75) is 9.79 Å². The van der Waals surface area contributed by atoms with Gasteiger partial charge in [-0.25, -0.2) is 0 Å². The summed E-state index contributed by atoms with van der Waals surface area (Å²) in [6.07, 6.45) is 0. The van der Waals surface area contributed by atoms with Gasteiger partial charge in [0, 0.05) is 21.9 Å². The van der Waals surface area contributed by atoms with Gasteiger partial charge in [-0.1, -0.05) is 11.8 Å². The second kappa shape index (κ2) is 5.42. The molecule has 2 aromatic carbocycles. The van der Waals surface area contributed by atoms with E-state index in [9.17, 15) is 15.0 Å². The van der Waals surface area contributed by atoms with Crippen molar-refractivity contribution in [3.05, 3.63) is 63.6 Å². The minimum Gasteiger partial charge on any atom is -0.258 e. The monoisotopic (exact) mass is 260 g/mol. The molecule has 0 N–H and O–H groups in total. The van der Waals surface area contributed by atoms with Crippen LogP contribution >= 0.6 is 11.8 Å². The van der Waals surface area contributed by atoms with E-state index in [-0.39, 0.29) is 5.69 Å². The predicted molar refractivity (Wildman–Crippen MR) is 69.1 cm³/mol. The van der Waals surface area contributed by atoms with Crippen LogP contribution in [0.1, 0.15) is 0 Å². The summed E-state index contributed by atoms with van der Waals surface area (Å²) in [5, 5.41) is 13.3. The fourth-order valence-electron chi connectivity index (χ4n) is 1.35. The Balaban J connectivity index is 2.12. The Bertz CT molecular complexity index is 567. The molecule has 18 heavy (non-hydrogen) atoms. The topological polar surface area (TPSA) is 72.6 Å². The van der Waals surface area contributed by atoms with Gasteiger partial charge < -0.3 is 0 Å². The lowest BCUT2D eigenvalue weighted by Crippen LogP contribution is -1.86. The van der Waals surface area contributed by atoms with Crippen LogP contribution < -0.4 is 0 Å². The Labute approximate surface area is 107 Å². The fourth-order valence-corrected chi connectivity index (χ4v) is 2.16.